The average molecular weight is 230 g/mol. The Hall–Kier alpha value is -1.48. The minimum absolute atomic E-state index is 0.741. The fourth-order valence-electron chi connectivity index (χ4n) is 2.13. The van der Waals surface area contributed by atoms with Crippen molar-refractivity contribution in [1.82, 2.24) is 9.97 Å². The third kappa shape index (κ3) is 1.91. The maximum absolute atomic E-state index is 5.29. The van der Waals surface area contributed by atoms with Gasteiger partial charge in [-0.05, 0) is 37.5 Å². The quantitative estimate of drug-likeness (QED) is 0.756. The van der Waals surface area contributed by atoms with Crippen molar-refractivity contribution in [2.24, 2.45) is 0 Å². The van der Waals surface area contributed by atoms with Crippen LogP contribution in [0.3, 0.4) is 0 Å². The summed E-state index contributed by atoms with van der Waals surface area (Å²) in [6.45, 7) is 6.32. The molecule has 1 N–H and O–H groups in total. The molecule has 82 valence electrons. The van der Waals surface area contributed by atoms with Crippen molar-refractivity contribution in [1.29, 1.82) is 0 Å². The summed E-state index contributed by atoms with van der Waals surface area (Å²) in [6.07, 6.45) is 3.44. The smallest absolute Gasteiger partial charge is 0.113 e. The van der Waals surface area contributed by atoms with Crippen molar-refractivity contribution in [3.63, 3.8) is 0 Å². The molecule has 0 fully saturated rings. The van der Waals surface area contributed by atoms with Gasteiger partial charge in [0.25, 0.3) is 0 Å². The summed E-state index contributed by atoms with van der Waals surface area (Å²) >= 11 is 5.29. The molecule has 1 heterocycles. The minimum atomic E-state index is 0.741. The van der Waals surface area contributed by atoms with Crippen LogP contribution in [0.1, 0.15) is 16.7 Å². The third-order valence-corrected chi connectivity index (χ3v) is 3.00. The Kier molecular flexibility index (Phi) is 2.88. The fourth-order valence-corrected chi connectivity index (χ4v) is 2.33. The fraction of sp³-hybridized carbons (Fsp3) is 0.231. The highest BCUT2D eigenvalue weighted by Crippen LogP contribution is 2.27. The van der Waals surface area contributed by atoms with E-state index in [0.29, 0.717) is 0 Å². The number of aryl methyl sites for hydroxylation is 3. The van der Waals surface area contributed by atoms with E-state index in [1.54, 1.807) is 6.33 Å². The molecule has 0 saturated heterocycles. The van der Waals surface area contributed by atoms with Gasteiger partial charge in [-0.2, -0.15) is 0 Å². The second-order valence-electron chi connectivity index (χ2n) is 4.07. The zero-order valence-corrected chi connectivity index (χ0v) is 10.5. The summed E-state index contributed by atoms with van der Waals surface area (Å²) in [7, 11) is 0. The first kappa shape index (κ1) is 11.0. The van der Waals surface area contributed by atoms with Gasteiger partial charge in [0.2, 0.25) is 0 Å². The largest absolute Gasteiger partial charge is 0.337 e. The van der Waals surface area contributed by atoms with Crippen LogP contribution in [0.2, 0.25) is 0 Å². The van der Waals surface area contributed by atoms with Gasteiger partial charge < -0.3 is 4.98 Å². The Labute approximate surface area is 100 Å². The lowest BCUT2D eigenvalue weighted by Gasteiger charge is -2.10. The summed E-state index contributed by atoms with van der Waals surface area (Å²) in [4.78, 5) is 7.08. The Morgan fingerprint density at radius 1 is 1.12 bits per heavy atom. The summed E-state index contributed by atoms with van der Waals surface area (Å²) in [5.41, 5.74) is 5.96. The van der Waals surface area contributed by atoms with E-state index < -0.39 is 0 Å². The first-order valence-corrected chi connectivity index (χ1v) is 5.61. The highest BCUT2D eigenvalue weighted by atomic mass is 32.1. The number of nitrogens with one attached hydrogen (secondary N) is 1. The second kappa shape index (κ2) is 4.18. The standard InChI is InChI=1S/C13H14N2S/c1-8-4-9(2)12(10(3)5-8)11-6-14-7-15-13(11)16/h4-7H,1-3H3,(H,14,15,16). The maximum atomic E-state index is 5.29. The second-order valence-corrected chi connectivity index (χ2v) is 4.48. The van der Waals surface area contributed by atoms with Gasteiger partial charge >= 0.3 is 0 Å². The van der Waals surface area contributed by atoms with Crippen molar-refractivity contribution in [2.75, 3.05) is 0 Å². The Morgan fingerprint density at radius 2 is 1.75 bits per heavy atom. The molecule has 1 aromatic carbocycles. The number of hydrogen-bond donors (Lipinski definition) is 1. The molecule has 0 aliphatic heterocycles. The van der Waals surface area contributed by atoms with Gasteiger partial charge in [-0.3, -0.25) is 0 Å². The van der Waals surface area contributed by atoms with Crippen LogP contribution in [0.25, 0.3) is 11.1 Å². The molecule has 0 atom stereocenters. The lowest BCUT2D eigenvalue weighted by Crippen LogP contribution is -1.92. The number of H-pyrrole nitrogens is 1. The molecule has 0 amide bonds. The molecule has 0 radical (unpaired) electrons. The van der Waals surface area contributed by atoms with Gasteiger partial charge in [0, 0.05) is 11.8 Å². The van der Waals surface area contributed by atoms with Gasteiger partial charge in [-0.25, -0.2) is 4.98 Å². The van der Waals surface area contributed by atoms with Crippen LogP contribution < -0.4 is 0 Å². The molecule has 0 saturated carbocycles. The summed E-state index contributed by atoms with van der Waals surface area (Å²) in [5, 5.41) is 0. The van der Waals surface area contributed by atoms with Crippen molar-refractivity contribution >= 4 is 12.2 Å². The van der Waals surface area contributed by atoms with Crippen molar-refractivity contribution < 1.29 is 0 Å². The third-order valence-electron chi connectivity index (χ3n) is 2.66. The number of aromatic nitrogens is 2. The van der Waals surface area contributed by atoms with Crippen molar-refractivity contribution in [3.05, 3.63) is 46.0 Å². The van der Waals surface area contributed by atoms with Crippen LogP contribution in [-0.4, -0.2) is 9.97 Å². The van der Waals surface area contributed by atoms with E-state index in [4.69, 9.17) is 12.2 Å². The van der Waals surface area contributed by atoms with E-state index in [0.717, 1.165) is 10.2 Å². The Bertz CT molecular complexity index is 561. The molecule has 0 aliphatic rings. The van der Waals surface area contributed by atoms with E-state index in [1.165, 1.54) is 22.3 Å². The number of hydrogen-bond acceptors (Lipinski definition) is 2. The first-order valence-electron chi connectivity index (χ1n) is 5.20. The molecule has 0 aliphatic carbocycles. The van der Waals surface area contributed by atoms with Gasteiger partial charge in [-0.1, -0.05) is 29.9 Å². The van der Waals surface area contributed by atoms with E-state index >= 15 is 0 Å². The SMILES string of the molecule is Cc1cc(C)c(-c2cnc[nH]c2=S)c(C)c1. The lowest BCUT2D eigenvalue weighted by atomic mass is 9.96. The molecule has 16 heavy (non-hydrogen) atoms. The summed E-state index contributed by atoms with van der Waals surface area (Å²) in [5.74, 6) is 0. The van der Waals surface area contributed by atoms with Gasteiger partial charge in [-0.15, -0.1) is 0 Å². The molecule has 2 rings (SSSR count). The Morgan fingerprint density at radius 3 is 2.31 bits per heavy atom. The molecule has 2 aromatic rings. The molecule has 1 aromatic heterocycles. The average Bonchev–Trinajstić information content (AvgIpc) is 2.19. The van der Waals surface area contributed by atoms with Crippen LogP contribution in [0.4, 0.5) is 0 Å². The van der Waals surface area contributed by atoms with Crippen molar-refractivity contribution in [2.45, 2.75) is 20.8 Å². The Balaban J connectivity index is 2.75. The van der Waals surface area contributed by atoms with Gasteiger partial charge in [0.15, 0.2) is 0 Å². The van der Waals surface area contributed by atoms with Gasteiger partial charge in [0.05, 0.1) is 6.33 Å². The normalized spacial score (nSPS) is 10.4. The maximum Gasteiger partial charge on any atom is 0.113 e. The van der Waals surface area contributed by atoms with Crippen molar-refractivity contribution in [3.8, 4) is 11.1 Å². The highest BCUT2D eigenvalue weighted by Gasteiger charge is 2.08. The summed E-state index contributed by atoms with van der Waals surface area (Å²) in [6, 6.07) is 4.34. The molecular weight excluding hydrogens is 216 g/mol. The van der Waals surface area contributed by atoms with Crippen LogP contribution >= 0.6 is 12.2 Å². The zero-order valence-electron chi connectivity index (χ0n) is 9.66. The lowest BCUT2D eigenvalue weighted by molar-refractivity contribution is 1.15. The topological polar surface area (TPSA) is 28.7 Å². The number of aromatic amines is 1. The number of nitrogens with zero attached hydrogens (tertiary/aromatic N) is 1. The monoisotopic (exact) mass is 230 g/mol. The number of benzene rings is 1. The minimum Gasteiger partial charge on any atom is -0.337 e. The van der Waals surface area contributed by atoms with Crippen LogP contribution in [0.5, 0.6) is 0 Å². The van der Waals surface area contributed by atoms with Crippen LogP contribution in [0, 0.1) is 25.4 Å². The first-order chi connectivity index (χ1) is 7.59. The molecule has 0 bridgehead atoms. The zero-order chi connectivity index (χ0) is 11.7. The van der Waals surface area contributed by atoms with E-state index in [-0.39, 0.29) is 0 Å². The predicted octanol–water partition coefficient (Wildman–Crippen LogP) is 3.73. The van der Waals surface area contributed by atoms with Crippen LogP contribution in [0.15, 0.2) is 24.7 Å². The van der Waals surface area contributed by atoms with E-state index in [1.807, 2.05) is 6.20 Å². The molecule has 0 spiro atoms. The highest BCUT2D eigenvalue weighted by molar-refractivity contribution is 7.71. The molecule has 0 unspecified atom stereocenters. The number of rotatable bonds is 1. The summed E-state index contributed by atoms with van der Waals surface area (Å²) < 4.78 is 0.741. The predicted molar refractivity (Wildman–Crippen MR) is 69.1 cm³/mol. The van der Waals surface area contributed by atoms with Crippen LogP contribution in [-0.2, 0) is 0 Å². The molecule has 2 nitrogen and oxygen atoms in total. The van der Waals surface area contributed by atoms with E-state index in [9.17, 15) is 0 Å². The van der Waals surface area contributed by atoms with E-state index in [2.05, 4.69) is 42.9 Å². The molecule has 3 heteroatoms. The van der Waals surface area contributed by atoms with Gasteiger partial charge in [0.1, 0.15) is 4.64 Å². The molecular formula is C13H14N2S.